The zero-order chi connectivity index (χ0) is 30.8. The maximum Gasteiger partial charge on any atom is 0.331 e. The molecule has 1 amide bonds. The first kappa shape index (κ1) is 34.4. The quantitative estimate of drug-likeness (QED) is 0.0639. The second-order valence-corrected chi connectivity index (χ2v) is 11.6. The number of hydrogen-bond donors (Lipinski definition) is 1. The lowest BCUT2D eigenvalue weighted by atomic mass is 9.99. The summed E-state index contributed by atoms with van der Waals surface area (Å²) in [4.78, 5) is 49.4. The van der Waals surface area contributed by atoms with Crippen LogP contribution in [0.4, 0.5) is 0 Å². The van der Waals surface area contributed by atoms with Gasteiger partial charge < -0.3 is 10.1 Å². The molecule has 0 unspecified atom stereocenters. The van der Waals surface area contributed by atoms with Crippen LogP contribution in [0.25, 0.3) is 12.2 Å². The van der Waals surface area contributed by atoms with E-state index in [4.69, 9.17) is 4.74 Å². The molecule has 0 spiro atoms. The lowest BCUT2D eigenvalue weighted by Crippen LogP contribution is -2.22. The van der Waals surface area contributed by atoms with Crippen LogP contribution in [0, 0.1) is 0 Å². The van der Waals surface area contributed by atoms with Crippen LogP contribution in [0.15, 0.2) is 60.7 Å². The zero-order valence-corrected chi connectivity index (χ0v) is 25.7. The first-order valence-electron chi connectivity index (χ1n) is 15.2. The number of amides is 1. The largest absolute Gasteiger partial charge is 0.457 e. The predicted molar refractivity (Wildman–Crippen MR) is 170 cm³/mol. The zero-order valence-electron chi connectivity index (χ0n) is 25.7. The molecule has 0 saturated heterocycles. The number of carbonyl (C=O) groups is 4. The van der Waals surface area contributed by atoms with Gasteiger partial charge in [-0.25, -0.2) is 4.79 Å². The van der Waals surface area contributed by atoms with Crippen molar-refractivity contribution >= 4 is 35.6 Å². The highest BCUT2D eigenvalue weighted by Gasteiger charge is 2.18. The summed E-state index contributed by atoms with van der Waals surface area (Å²) in [6, 6.07) is 13.0. The third kappa shape index (κ3) is 14.2. The number of Topliss-reactive ketones (excluding diaryl/α,β-unsaturated/α-hetero) is 2. The van der Waals surface area contributed by atoms with E-state index < -0.39 is 23.1 Å². The van der Waals surface area contributed by atoms with E-state index in [-0.39, 0.29) is 17.0 Å². The molecular weight excluding hydrogens is 526 g/mol. The molecule has 0 saturated carbocycles. The monoisotopic (exact) mass is 573 g/mol. The molecule has 2 rings (SSSR count). The highest BCUT2D eigenvalue weighted by molar-refractivity contribution is 6.49. The molecule has 0 atom stereocenters. The Morgan fingerprint density at radius 1 is 0.643 bits per heavy atom. The Balaban J connectivity index is 1.74. The van der Waals surface area contributed by atoms with Gasteiger partial charge in [0.2, 0.25) is 17.5 Å². The van der Waals surface area contributed by atoms with E-state index in [2.05, 4.69) is 12.2 Å². The van der Waals surface area contributed by atoms with Crippen molar-refractivity contribution in [2.45, 2.75) is 97.5 Å². The SMILES string of the molecule is CCCCCCCCCCCCNC(=O)/C=C/c1ccc(C(=O)C(=O)c2ccc(/C=C/C(=O)OC(C)(C)C)cc2)cc1. The number of carbonyl (C=O) groups excluding carboxylic acids is 4. The summed E-state index contributed by atoms with van der Waals surface area (Å²) in [5.74, 6) is -1.84. The van der Waals surface area contributed by atoms with Crippen molar-refractivity contribution in [3.8, 4) is 0 Å². The van der Waals surface area contributed by atoms with Crippen molar-refractivity contribution in [1.29, 1.82) is 0 Å². The fourth-order valence-corrected chi connectivity index (χ4v) is 4.31. The molecule has 0 aromatic heterocycles. The van der Waals surface area contributed by atoms with Gasteiger partial charge in [0, 0.05) is 29.8 Å². The summed E-state index contributed by atoms with van der Waals surface area (Å²) < 4.78 is 5.23. The maximum absolute atomic E-state index is 12.7. The standard InChI is InChI=1S/C36H47NO5/c1-5-6-7-8-9-10-11-12-13-14-27-37-32(38)25-19-28-15-21-30(22-16-28)34(40)35(41)31-23-17-29(18-24-31)20-26-33(39)42-36(2,3)4/h15-26H,5-14,27H2,1-4H3,(H,37,38)/b25-19+,26-20+. The first-order chi connectivity index (χ1) is 20.1. The summed E-state index contributed by atoms with van der Waals surface area (Å²) in [5, 5.41) is 2.92. The average Bonchev–Trinajstić information content (AvgIpc) is 2.96. The summed E-state index contributed by atoms with van der Waals surface area (Å²) in [5.41, 5.74) is 1.42. The van der Waals surface area contributed by atoms with Gasteiger partial charge in [0.05, 0.1) is 0 Å². The van der Waals surface area contributed by atoms with E-state index in [1.165, 1.54) is 63.5 Å². The Bertz CT molecular complexity index is 1200. The molecule has 0 heterocycles. The van der Waals surface area contributed by atoms with E-state index in [9.17, 15) is 19.2 Å². The molecule has 0 aliphatic carbocycles. The Kier molecular flexibility index (Phi) is 15.2. The Hall–Kier alpha value is -3.80. The van der Waals surface area contributed by atoms with Crippen LogP contribution in [0.2, 0.25) is 0 Å². The van der Waals surface area contributed by atoms with Crippen molar-refractivity contribution in [1.82, 2.24) is 5.32 Å². The predicted octanol–water partition coefficient (Wildman–Crippen LogP) is 8.16. The number of unbranched alkanes of at least 4 members (excludes halogenated alkanes) is 9. The molecule has 0 aliphatic rings. The van der Waals surface area contributed by atoms with Gasteiger partial charge in [-0.2, -0.15) is 0 Å². The molecular formula is C36H47NO5. The molecule has 42 heavy (non-hydrogen) atoms. The lowest BCUT2D eigenvalue weighted by molar-refractivity contribution is -0.148. The number of hydrogen-bond acceptors (Lipinski definition) is 5. The topological polar surface area (TPSA) is 89.5 Å². The molecule has 0 fully saturated rings. The fourth-order valence-electron chi connectivity index (χ4n) is 4.31. The number of ketones is 2. The molecule has 6 heteroatoms. The lowest BCUT2D eigenvalue weighted by Gasteiger charge is -2.17. The van der Waals surface area contributed by atoms with Gasteiger partial charge in [-0.3, -0.25) is 14.4 Å². The van der Waals surface area contributed by atoms with Crippen molar-refractivity contribution < 1.29 is 23.9 Å². The molecule has 1 N–H and O–H groups in total. The van der Waals surface area contributed by atoms with Crippen LogP contribution in [0.5, 0.6) is 0 Å². The molecule has 2 aromatic carbocycles. The number of nitrogens with one attached hydrogen (secondary N) is 1. The Morgan fingerprint density at radius 2 is 1.07 bits per heavy atom. The molecule has 2 aromatic rings. The van der Waals surface area contributed by atoms with Crippen molar-refractivity contribution in [2.24, 2.45) is 0 Å². The van der Waals surface area contributed by atoms with Crippen LogP contribution in [-0.2, 0) is 14.3 Å². The molecule has 226 valence electrons. The molecule has 0 bridgehead atoms. The van der Waals surface area contributed by atoms with Crippen LogP contribution in [-0.4, -0.2) is 35.6 Å². The highest BCUT2D eigenvalue weighted by Crippen LogP contribution is 2.14. The number of ether oxygens (including phenoxy) is 1. The number of benzene rings is 2. The van der Waals surface area contributed by atoms with Gasteiger partial charge in [-0.15, -0.1) is 0 Å². The van der Waals surface area contributed by atoms with Gasteiger partial charge in [-0.1, -0.05) is 113 Å². The van der Waals surface area contributed by atoms with Crippen molar-refractivity contribution in [2.75, 3.05) is 6.54 Å². The summed E-state index contributed by atoms with van der Waals surface area (Å²) in [6.07, 6.45) is 18.6. The van der Waals surface area contributed by atoms with Gasteiger partial charge in [0.15, 0.2) is 0 Å². The average molecular weight is 574 g/mol. The van der Waals surface area contributed by atoms with Crippen LogP contribution in [0.3, 0.4) is 0 Å². The summed E-state index contributed by atoms with van der Waals surface area (Å²) in [7, 11) is 0. The Labute approximate surface area is 251 Å². The van der Waals surface area contributed by atoms with Gasteiger partial charge in [0.1, 0.15) is 5.60 Å². The van der Waals surface area contributed by atoms with Crippen LogP contribution >= 0.6 is 0 Å². The minimum absolute atomic E-state index is 0.148. The van der Waals surface area contributed by atoms with E-state index in [0.717, 1.165) is 18.4 Å². The van der Waals surface area contributed by atoms with Crippen molar-refractivity contribution in [3.05, 3.63) is 82.9 Å². The van der Waals surface area contributed by atoms with Crippen LogP contribution < -0.4 is 5.32 Å². The van der Waals surface area contributed by atoms with Crippen LogP contribution in [0.1, 0.15) is 124 Å². The smallest absolute Gasteiger partial charge is 0.331 e. The van der Waals surface area contributed by atoms with Crippen molar-refractivity contribution in [3.63, 3.8) is 0 Å². The van der Waals surface area contributed by atoms with Gasteiger partial charge in [0.25, 0.3) is 0 Å². The number of esters is 1. The minimum Gasteiger partial charge on any atom is -0.457 e. The van der Waals surface area contributed by atoms with Gasteiger partial charge >= 0.3 is 5.97 Å². The van der Waals surface area contributed by atoms with E-state index in [1.807, 2.05) is 0 Å². The highest BCUT2D eigenvalue weighted by atomic mass is 16.6. The Morgan fingerprint density at radius 3 is 1.52 bits per heavy atom. The molecule has 0 aliphatic heterocycles. The molecule has 6 nitrogen and oxygen atoms in total. The fraction of sp³-hybridized carbons (Fsp3) is 0.444. The third-order valence-electron chi connectivity index (χ3n) is 6.63. The van der Waals surface area contributed by atoms with E-state index in [1.54, 1.807) is 81.5 Å². The summed E-state index contributed by atoms with van der Waals surface area (Å²) >= 11 is 0. The van der Waals surface area contributed by atoms with E-state index in [0.29, 0.717) is 12.1 Å². The normalized spacial score (nSPS) is 11.6. The van der Waals surface area contributed by atoms with E-state index >= 15 is 0 Å². The minimum atomic E-state index is -0.618. The maximum atomic E-state index is 12.7. The second-order valence-electron chi connectivity index (χ2n) is 11.6. The first-order valence-corrected chi connectivity index (χ1v) is 15.2. The van der Waals surface area contributed by atoms with Gasteiger partial charge in [-0.05, 0) is 50.5 Å². The summed E-state index contributed by atoms with van der Waals surface area (Å²) in [6.45, 7) is 8.28. The number of rotatable bonds is 18. The molecule has 0 radical (unpaired) electrons. The second kappa shape index (κ2) is 18.6. The third-order valence-corrected chi connectivity index (χ3v) is 6.63.